The molecule has 0 bridgehead atoms. The summed E-state index contributed by atoms with van der Waals surface area (Å²) in [5, 5.41) is 9.88. The van der Waals surface area contributed by atoms with Crippen LogP contribution < -0.4 is 10.6 Å². The maximum absolute atomic E-state index is 5.80. The van der Waals surface area contributed by atoms with E-state index < -0.39 is 0 Å². The fraction of sp³-hybridized carbons (Fsp3) is 0.765. The number of nitrogens with one attached hydrogen (secondary N) is 2. The maximum atomic E-state index is 5.80. The summed E-state index contributed by atoms with van der Waals surface area (Å²) in [6, 6.07) is 0. The smallest absolute Gasteiger partial charge is 0.191 e. The summed E-state index contributed by atoms with van der Waals surface area (Å²) in [5.41, 5.74) is 1.15. The zero-order valence-electron chi connectivity index (χ0n) is 16.3. The number of hydrogen-bond donors (Lipinski definition) is 2. The molecule has 25 heavy (non-hydrogen) atoms. The van der Waals surface area contributed by atoms with Crippen LogP contribution in [-0.2, 0) is 11.3 Å². The second-order valence-electron chi connectivity index (χ2n) is 6.30. The minimum absolute atomic E-state index is 0. The van der Waals surface area contributed by atoms with Gasteiger partial charge in [-0.2, -0.15) is 0 Å². The molecular weight excluding hydrogens is 449 g/mol. The summed E-state index contributed by atoms with van der Waals surface area (Å²) in [4.78, 5) is 11.1. The number of guanidine groups is 1. The first-order valence-electron chi connectivity index (χ1n) is 8.61. The molecule has 0 spiro atoms. The molecule has 1 unspecified atom stereocenters. The third kappa shape index (κ3) is 10.3. The van der Waals surface area contributed by atoms with Gasteiger partial charge < -0.3 is 20.3 Å². The molecule has 1 aromatic heterocycles. The molecule has 0 amide bonds. The summed E-state index contributed by atoms with van der Waals surface area (Å²) < 4.78 is 5.80. The van der Waals surface area contributed by atoms with Gasteiger partial charge in [-0.05, 0) is 33.4 Å². The Labute approximate surface area is 173 Å². The lowest BCUT2D eigenvalue weighted by Crippen LogP contribution is -2.42. The molecule has 6 nitrogen and oxygen atoms in total. The molecule has 0 aromatic carbocycles. The summed E-state index contributed by atoms with van der Waals surface area (Å²) >= 11 is 1.69. The van der Waals surface area contributed by atoms with Crippen LogP contribution in [0.25, 0.3) is 0 Å². The lowest BCUT2D eigenvalue weighted by atomic mass is 10.2. The molecule has 8 heteroatoms. The van der Waals surface area contributed by atoms with Crippen molar-refractivity contribution in [1.82, 2.24) is 20.5 Å². The highest BCUT2D eigenvalue weighted by molar-refractivity contribution is 14.0. The van der Waals surface area contributed by atoms with Crippen LogP contribution in [0.15, 0.2) is 10.4 Å². The SMILES string of the molecule is CCOC(CCN(C)C)CNC(=NC)NCc1nc(C(C)C)cs1.I. The molecule has 146 valence electrons. The third-order valence-electron chi connectivity index (χ3n) is 3.59. The highest BCUT2D eigenvalue weighted by Gasteiger charge is 2.11. The van der Waals surface area contributed by atoms with Gasteiger partial charge in [-0.15, -0.1) is 35.3 Å². The van der Waals surface area contributed by atoms with Crippen LogP contribution in [0.5, 0.6) is 0 Å². The van der Waals surface area contributed by atoms with Gasteiger partial charge in [-0.3, -0.25) is 4.99 Å². The molecule has 1 aromatic rings. The quantitative estimate of drug-likeness (QED) is 0.305. The van der Waals surface area contributed by atoms with Crippen LogP contribution in [0, 0.1) is 0 Å². The van der Waals surface area contributed by atoms with Crippen LogP contribution >= 0.6 is 35.3 Å². The molecule has 1 heterocycles. The van der Waals surface area contributed by atoms with Gasteiger partial charge in [-0.1, -0.05) is 13.8 Å². The monoisotopic (exact) mass is 483 g/mol. The van der Waals surface area contributed by atoms with E-state index in [1.165, 1.54) is 0 Å². The lowest BCUT2D eigenvalue weighted by molar-refractivity contribution is 0.0548. The molecule has 0 saturated heterocycles. The van der Waals surface area contributed by atoms with Crippen molar-refractivity contribution in [2.75, 3.05) is 40.8 Å². The molecule has 0 fully saturated rings. The highest BCUT2D eigenvalue weighted by Crippen LogP contribution is 2.17. The molecule has 0 saturated carbocycles. The van der Waals surface area contributed by atoms with Gasteiger partial charge in [0.1, 0.15) is 5.01 Å². The van der Waals surface area contributed by atoms with Crippen LogP contribution in [0.1, 0.15) is 43.8 Å². The van der Waals surface area contributed by atoms with Crippen molar-refractivity contribution in [3.63, 3.8) is 0 Å². The summed E-state index contributed by atoms with van der Waals surface area (Å²) in [5.74, 6) is 1.25. The van der Waals surface area contributed by atoms with Gasteiger partial charge in [0.2, 0.25) is 0 Å². The van der Waals surface area contributed by atoms with Gasteiger partial charge in [0.25, 0.3) is 0 Å². The average molecular weight is 483 g/mol. The van der Waals surface area contributed by atoms with Crippen molar-refractivity contribution in [3.8, 4) is 0 Å². The van der Waals surface area contributed by atoms with Crippen molar-refractivity contribution in [2.45, 2.75) is 45.8 Å². The van der Waals surface area contributed by atoms with Crippen molar-refractivity contribution in [1.29, 1.82) is 0 Å². The molecule has 1 rings (SSSR count). The predicted molar refractivity (Wildman–Crippen MR) is 118 cm³/mol. The Bertz CT molecular complexity index is 493. The first kappa shape index (κ1) is 24.6. The molecule has 2 N–H and O–H groups in total. The molecule has 0 aliphatic carbocycles. The zero-order valence-corrected chi connectivity index (χ0v) is 19.5. The van der Waals surface area contributed by atoms with E-state index in [1.807, 2.05) is 6.92 Å². The first-order chi connectivity index (χ1) is 11.5. The number of hydrogen-bond acceptors (Lipinski definition) is 5. The minimum atomic E-state index is 0. The van der Waals surface area contributed by atoms with Gasteiger partial charge in [0, 0.05) is 32.1 Å². The topological polar surface area (TPSA) is 61.8 Å². The summed E-state index contributed by atoms with van der Waals surface area (Å²) in [6.45, 7) is 9.52. The van der Waals surface area contributed by atoms with Crippen molar-refractivity contribution < 1.29 is 4.74 Å². The Hall–Kier alpha value is -0.450. The number of nitrogens with zero attached hydrogens (tertiary/aromatic N) is 3. The van der Waals surface area contributed by atoms with Crippen LogP contribution in [0.2, 0.25) is 0 Å². The van der Waals surface area contributed by atoms with Crippen molar-refractivity contribution in [3.05, 3.63) is 16.1 Å². The molecule has 0 aliphatic rings. The van der Waals surface area contributed by atoms with Gasteiger partial charge in [0.15, 0.2) is 5.96 Å². The summed E-state index contributed by atoms with van der Waals surface area (Å²) in [6.07, 6.45) is 1.18. The fourth-order valence-corrected chi connectivity index (χ4v) is 3.04. The molecule has 0 aliphatic heterocycles. The van der Waals surface area contributed by atoms with Crippen LogP contribution in [-0.4, -0.2) is 62.8 Å². The predicted octanol–water partition coefficient (Wildman–Crippen LogP) is 2.91. The second-order valence-corrected chi connectivity index (χ2v) is 7.24. The van der Waals surface area contributed by atoms with E-state index >= 15 is 0 Å². The van der Waals surface area contributed by atoms with E-state index in [-0.39, 0.29) is 30.1 Å². The van der Waals surface area contributed by atoms with Gasteiger partial charge >= 0.3 is 0 Å². The lowest BCUT2D eigenvalue weighted by Gasteiger charge is -2.21. The number of ether oxygens (including phenoxy) is 1. The standard InChI is InChI=1S/C17H33N5OS.HI/c1-7-23-14(8-9-22(5)6)10-19-17(18-4)20-11-16-21-15(12-24-16)13(2)3;/h12-14H,7-11H2,1-6H3,(H2,18,19,20);1H. The second kappa shape index (κ2) is 13.7. The normalized spacial score (nSPS) is 13.0. The van der Waals surface area contributed by atoms with E-state index in [9.17, 15) is 0 Å². The fourth-order valence-electron chi connectivity index (χ4n) is 2.14. The van der Waals surface area contributed by atoms with Crippen LogP contribution in [0.3, 0.4) is 0 Å². The van der Waals surface area contributed by atoms with Crippen molar-refractivity contribution >= 4 is 41.3 Å². The number of rotatable bonds is 10. The Balaban J connectivity index is 0.00000576. The largest absolute Gasteiger partial charge is 0.377 e. The number of halogens is 1. The Kier molecular flexibility index (Phi) is 13.5. The van der Waals surface area contributed by atoms with Crippen LogP contribution in [0.4, 0.5) is 0 Å². The Morgan fingerprint density at radius 3 is 2.60 bits per heavy atom. The number of aromatic nitrogens is 1. The maximum Gasteiger partial charge on any atom is 0.191 e. The molecule has 1 atom stereocenters. The third-order valence-corrected chi connectivity index (χ3v) is 4.46. The van der Waals surface area contributed by atoms with E-state index in [0.29, 0.717) is 12.5 Å². The highest BCUT2D eigenvalue weighted by atomic mass is 127. The number of thiazole rings is 1. The zero-order chi connectivity index (χ0) is 17.9. The molecular formula is C17H34IN5OS. The van der Waals surface area contributed by atoms with E-state index in [4.69, 9.17) is 4.74 Å². The van der Waals surface area contributed by atoms with Gasteiger partial charge in [-0.25, -0.2) is 4.98 Å². The average Bonchev–Trinajstić information content (AvgIpc) is 3.01. The first-order valence-corrected chi connectivity index (χ1v) is 9.49. The molecule has 0 radical (unpaired) electrons. The summed E-state index contributed by atoms with van der Waals surface area (Å²) in [7, 11) is 5.94. The van der Waals surface area contributed by atoms with Gasteiger partial charge in [0.05, 0.1) is 18.3 Å². The van der Waals surface area contributed by atoms with Crippen molar-refractivity contribution in [2.24, 2.45) is 4.99 Å². The van der Waals surface area contributed by atoms with E-state index in [2.05, 4.69) is 58.8 Å². The van der Waals surface area contributed by atoms with E-state index in [1.54, 1.807) is 18.4 Å². The Morgan fingerprint density at radius 2 is 2.08 bits per heavy atom. The number of aliphatic imine (C=N–C) groups is 1. The minimum Gasteiger partial charge on any atom is -0.377 e. The van der Waals surface area contributed by atoms with E-state index in [0.717, 1.165) is 42.8 Å². The Morgan fingerprint density at radius 1 is 1.36 bits per heavy atom.